The number of carbonyl (C=O) groups is 2. The van der Waals surface area contributed by atoms with Gasteiger partial charge in [-0.3, -0.25) is 9.59 Å². The number of aliphatic carboxylic acids is 1. The molecule has 0 saturated heterocycles. The fourth-order valence-corrected chi connectivity index (χ4v) is 4.51. The topological polar surface area (TPSA) is 66.8 Å². The summed E-state index contributed by atoms with van der Waals surface area (Å²) in [6.07, 6.45) is -0.249. The summed E-state index contributed by atoms with van der Waals surface area (Å²) in [6.45, 7) is 6.09. The van der Waals surface area contributed by atoms with Gasteiger partial charge in [0.1, 0.15) is 11.4 Å². The zero-order valence-electron chi connectivity index (χ0n) is 16.2. The Morgan fingerprint density at radius 1 is 1.17 bits per heavy atom. The van der Waals surface area contributed by atoms with Crippen LogP contribution in [0.25, 0.3) is 0 Å². The molecule has 1 aliphatic rings. The Labute approximate surface area is 183 Å². The lowest BCUT2D eigenvalue weighted by molar-refractivity contribution is -0.138. The molecule has 5 nitrogen and oxygen atoms in total. The summed E-state index contributed by atoms with van der Waals surface area (Å²) >= 11 is 13.4. The molecule has 3 rings (SSSR count). The minimum Gasteiger partial charge on any atom is -0.488 e. The fraction of sp³-hybridized carbons (Fsp3) is 0.333. The van der Waals surface area contributed by atoms with E-state index in [-0.39, 0.29) is 24.5 Å². The summed E-state index contributed by atoms with van der Waals surface area (Å²) in [7, 11) is 0. The summed E-state index contributed by atoms with van der Waals surface area (Å²) in [6, 6.07) is 10.7. The molecule has 154 valence electrons. The maximum Gasteiger partial charge on any atom is 0.305 e. The maximum atomic E-state index is 13.1. The second-order valence-corrected chi connectivity index (χ2v) is 9.78. The van der Waals surface area contributed by atoms with Crippen molar-refractivity contribution in [3.05, 3.63) is 52.0 Å². The molecule has 1 aliphatic heterocycles. The van der Waals surface area contributed by atoms with Gasteiger partial charge in [0.2, 0.25) is 5.91 Å². The summed E-state index contributed by atoms with van der Waals surface area (Å²) in [5, 5.41) is 9.34. The van der Waals surface area contributed by atoms with Crippen LogP contribution < -0.4 is 9.64 Å². The van der Waals surface area contributed by atoms with Crippen LogP contribution in [0.4, 0.5) is 5.69 Å². The first kappa shape index (κ1) is 21.8. The SMILES string of the molecule is CC(C)(C)Oc1ccc2c(c1)N(Cc1ccc(Cl)c(Cl)c1)C(=O)C(CC(=O)O)S2. The van der Waals surface area contributed by atoms with Gasteiger partial charge in [0.25, 0.3) is 0 Å². The van der Waals surface area contributed by atoms with Crippen molar-refractivity contribution in [1.82, 2.24) is 0 Å². The number of thioether (sulfide) groups is 1. The molecule has 0 radical (unpaired) electrons. The highest BCUT2D eigenvalue weighted by atomic mass is 35.5. The van der Waals surface area contributed by atoms with Crippen molar-refractivity contribution in [2.24, 2.45) is 0 Å². The van der Waals surface area contributed by atoms with Crippen LogP contribution >= 0.6 is 35.0 Å². The monoisotopic (exact) mass is 453 g/mol. The molecule has 8 heteroatoms. The van der Waals surface area contributed by atoms with Gasteiger partial charge in [-0.1, -0.05) is 29.3 Å². The average Bonchev–Trinajstić information content (AvgIpc) is 2.60. The Bertz CT molecular complexity index is 958. The van der Waals surface area contributed by atoms with Gasteiger partial charge in [-0.05, 0) is 50.6 Å². The minimum absolute atomic E-state index is 0.248. The Kier molecular flexibility index (Phi) is 6.36. The number of fused-ring (bicyclic) bond motifs is 1. The second kappa shape index (κ2) is 8.46. The van der Waals surface area contributed by atoms with Crippen molar-refractivity contribution in [3.8, 4) is 5.75 Å². The summed E-state index contributed by atoms with van der Waals surface area (Å²) in [4.78, 5) is 26.8. The van der Waals surface area contributed by atoms with Gasteiger partial charge in [0, 0.05) is 11.0 Å². The number of carboxylic acid groups (broad SMARTS) is 1. The van der Waals surface area contributed by atoms with Crippen molar-refractivity contribution >= 4 is 52.5 Å². The van der Waals surface area contributed by atoms with Crippen molar-refractivity contribution < 1.29 is 19.4 Å². The van der Waals surface area contributed by atoms with E-state index >= 15 is 0 Å². The first-order valence-electron chi connectivity index (χ1n) is 9.00. The Hall–Kier alpha value is -1.89. The maximum absolute atomic E-state index is 13.1. The zero-order valence-corrected chi connectivity index (χ0v) is 18.6. The van der Waals surface area contributed by atoms with E-state index in [0.29, 0.717) is 21.5 Å². The number of ether oxygens (including phenoxy) is 1. The molecule has 29 heavy (non-hydrogen) atoms. The van der Waals surface area contributed by atoms with Crippen molar-refractivity contribution in [2.75, 3.05) is 4.90 Å². The number of anilines is 1. The number of amides is 1. The standard InChI is InChI=1S/C21H21Cl2NO4S/c1-21(2,3)28-13-5-7-17-16(9-13)24(20(27)18(29-17)10-19(25)26)11-12-4-6-14(22)15(23)8-12/h4-9,18H,10-11H2,1-3H3,(H,25,26). The third-order valence-corrected chi connectivity index (χ3v) is 6.13. The molecule has 1 atom stereocenters. The first-order valence-corrected chi connectivity index (χ1v) is 10.6. The smallest absolute Gasteiger partial charge is 0.305 e. The average molecular weight is 454 g/mol. The lowest BCUT2D eigenvalue weighted by atomic mass is 10.1. The van der Waals surface area contributed by atoms with Gasteiger partial charge >= 0.3 is 5.97 Å². The van der Waals surface area contributed by atoms with Crippen LogP contribution in [0.5, 0.6) is 5.75 Å². The Morgan fingerprint density at radius 2 is 1.90 bits per heavy atom. The molecule has 1 heterocycles. The highest BCUT2D eigenvalue weighted by Gasteiger charge is 2.35. The third-order valence-electron chi connectivity index (χ3n) is 4.14. The highest BCUT2D eigenvalue weighted by molar-refractivity contribution is 8.01. The van der Waals surface area contributed by atoms with E-state index in [9.17, 15) is 14.7 Å². The van der Waals surface area contributed by atoms with Crippen LogP contribution in [0, 0.1) is 0 Å². The van der Waals surface area contributed by atoms with E-state index in [0.717, 1.165) is 10.5 Å². The molecule has 0 aliphatic carbocycles. The van der Waals surface area contributed by atoms with Crippen LogP contribution in [0.1, 0.15) is 32.8 Å². The molecule has 2 aromatic rings. The van der Waals surface area contributed by atoms with Crippen LogP contribution in [0.3, 0.4) is 0 Å². The van der Waals surface area contributed by atoms with Crippen LogP contribution in [0.2, 0.25) is 10.0 Å². The lowest BCUT2D eigenvalue weighted by Crippen LogP contribution is -2.41. The normalized spacial score (nSPS) is 16.5. The number of carbonyl (C=O) groups excluding carboxylic acids is 1. The van der Waals surface area contributed by atoms with Crippen LogP contribution in [0.15, 0.2) is 41.3 Å². The molecule has 1 amide bonds. The summed E-state index contributed by atoms with van der Waals surface area (Å²) in [5.74, 6) is -0.633. The number of halogens is 2. The van der Waals surface area contributed by atoms with Crippen molar-refractivity contribution in [3.63, 3.8) is 0 Å². The number of nitrogens with zero attached hydrogens (tertiary/aromatic N) is 1. The largest absolute Gasteiger partial charge is 0.488 e. The number of rotatable bonds is 5. The van der Waals surface area contributed by atoms with Gasteiger partial charge in [-0.15, -0.1) is 11.8 Å². The molecule has 0 fully saturated rings. The third kappa shape index (κ3) is 5.38. The molecule has 0 aromatic heterocycles. The van der Waals surface area contributed by atoms with Gasteiger partial charge in [-0.25, -0.2) is 0 Å². The quantitative estimate of drug-likeness (QED) is 0.632. The number of hydrogen-bond donors (Lipinski definition) is 1. The molecule has 0 bridgehead atoms. The predicted octanol–water partition coefficient (Wildman–Crippen LogP) is 5.65. The Balaban J connectivity index is 2.00. The van der Waals surface area contributed by atoms with E-state index in [1.54, 1.807) is 23.1 Å². The number of carboxylic acids is 1. The summed E-state index contributed by atoms with van der Waals surface area (Å²) in [5.41, 5.74) is 1.09. The van der Waals surface area contributed by atoms with Gasteiger partial charge in [0.05, 0.1) is 33.9 Å². The first-order chi connectivity index (χ1) is 13.5. The second-order valence-electron chi connectivity index (χ2n) is 7.72. The van der Waals surface area contributed by atoms with Gasteiger partial charge < -0.3 is 14.7 Å². The molecular formula is C21H21Cl2NO4S. The molecule has 1 N–H and O–H groups in total. The molecular weight excluding hydrogens is 433 g/mol. The zero-order chi connectivity index (χ0) is 21.3. The van der Waals surface area contributed by atoms with Crippen molar-refractivity contribution in [1.29, 1.82) is 0 Å². The highest BCUT2D eigenvalue weighted by Crippen LogP contribution is 2.43. The van der Waals surface area contributed by atoms with Crippen LogP contribution in [-0.4, -0.2) is 27.8 Å². The van der Waals surface area contributed by atoms with E-state index in [1.807, 2.05) is 39.0 Å². The molecule has 0 saturated carbocycles. The Morgan fingerprint density at radius 3 is 2.52 bits per heavy atom. The predicted molar refractivity (Wildman–Crippen MR) is 116 cm³/mol. The number of hydrogen-bond acceptors (Lipinski definition) is 4. The van der Waals surface area contributed by atoms with Crippen molar-refractivity contribution in [2.45, 2.75) is 49.5 Å². The summed E-state index contributed by atoms with van der Waals surface area (Å²) < 4.78 is 5.95. The van der Waals surface area contributed by atoms with Gasteiger partial charge in [-0.2, -0.15) is 0 Å². The van der Waals surface area contributed by atoms with E-state index in [2.05, 4.69) is 0 Å². The lowest BCUT2D eigenvalue weighted by Gasteiger charge is -2.34. The van der Waals surface area contributed by atoms with E-state index in [1.165, 1.54) is 11.8 Å². The van der Waals surface area contributed by atoms with Gasteiger partial charge in [0.15, 0.2) is 0 Å². The molecule has 1 unspecified atom stereocenters. The van der Waals surface area contributed by atoms with E-state index < -0.39 is 11.2 Å². The minimum atomic E-state index is -1.01. The fourth-order valence-electron chi connectivity index (χ4n) is 2.99. The molecule has 2 aromatic carbocycles. The van der Waals surface area contributed by atoms with E-state index in [4.69, 9.17) is 27.9 Å². The van der Waals surface area contributed by atoms with Crippen LogP contribution in [-0.2, 0) is 16.1 Å². The molecule has 0 spiro atoms. The number of benzene rings is 2.